The molecule has 0 saturated carbocycles. The normalized spacial score (nSPS) is 0.667. The summed E-state index contributed by atoms with van der Waals surface area (Å²) in [5, 5.41) is 0. The van der Waals surface area contributed by atoms with Crippen LogP contribution in [0.4, 0.5) is 14.1 Å². The van der Waals surface area contributed by atoms with Crippen LogP contribution in [0.3, 0.4) is 0 Å². The second kappa shape index (κ2) is 362. The molecule has 0 bridgehead atoms. The molecule has 0 unspecified atom stereocenters. The second-order valence-corrected chi connectivity index (χ2v) is 0. The van der Waals surface area contributed by atoms with Gasteiger partial charge in [-0.2, -0.15) is 0 Å². The average Bonchev–Trinajstić information content (AvgIpc) is 1.00. The molecule has 0 N–H and O–H groups in total. The lowest BCUT2D eigenvalue weighted by Gasteiger charge is -0.813. The molecule has 0 fully saturated rings. The number of rotatable bonds is 0. The van der Waals surface area contributed by atoms with Gasteiger partial charge in [0, 0.05) is 0 Å². The van der Waals surface area contributed by atoms with E-state index in [-0.39, 0.29) is 22.5 Å². The van der Waals surface area contributed by atoms with Gasteiger partial charge in [0.25, 0.3) is 0 Å². The third-order valence-electron chi connectivity index (χ3n) is 0. The van der Waals surface area contributed by atoms with E-state index in [1.54, 1.807) is 0 Å². The molecule has 42 valence electrons. The molecule has 6 heavy (non-hydrogen) atoms. The summed E-state index contributed by atoms with van der Waals surface area (Å²) in [4.78, 5) is 0. The molecule has 0 spiro atoms. The minimum atomic E-state index is 0. The van der Waals surface area contributed by atoms with Crippen LogP contribution in [0.5, 0.6) is 0 Å². The quantitative estimate of drug-likeness (QED) is 0.300. The standard InChI is InChI=1S/C2H4.BH3.3FH/c1-2;;;;/h1-2H2;1H3;3*1H. The molecule has 0 heterocycles. The third-order valence-corrected chi connectivity index (χ3v) is 0. The van der Waals surface area contributed by atoms with Gasteiger partial charge in [-0.05, 0) is 0 Å². The van der Waals surface area contributed by atoms with Crippen molar-refractivity contribution >= 4 is 8.41 Å². The van der Waals surface area contributed by atoms with Crippen LogP contribution < -0.4 is 0 Å². The zero-order chi connectivity index (χ0) is 2.00. The molecule has 0 aliphatic heterocycles. The Bertz CT molecular complexity index is 8.75. The summed E-state index contributed by atoms with van der Waals surface area (Å²) in [6.45, 7) is 6.00. The molecular weight excluding hydrogens is 91.8 g/mol. The van der Waals surface area contributed by atoms with Crippen LogP contribution in [0.1, 0.15) is 0 Å². The van der Waals surface area contributed by atoms with E-state index in [4.69, 9.17) is 0 Å². The molecule has 0 aromatic carbocycles. The fourth-order valence-corrected chi connectivity index (χ4v) is 0. The Labute approximate surface area is 36.9 Å². The van der Waals surface area contributed by atoms with Crippen LogP contribution in [0.25, 0.3) is 0 Å². The highest BCUT2D eigenvalue weighted by Gasteiger charge is 0.601. The maximum Gasteiger partial charge on any atom is 0.0814 e. The van der Waals surface area contributed by atoms with Crippen LogP contribution >= 0.6 is 0 Å². The van der Waals surface area contributed by atoms with Gasteiger partial charge in [0.2, 0.25) is 0 Å². The fraction of sp³-hybridized carbons (Fsp3) is 0. The van der Waals surface area contributed by atoms with Crippen molar-refractivity contribution in [1.82, 2.24) is 0 Å². The summed E-state index contributed by atoms with van der Waals surface area (Å²) in [7, 11) is 0. The molecule has 0 radical (unpaired) electrons. The molecule has 0 aromatic rings. The highest BCUT2D eigenvalue weighted by Crippen LogP contribution is 0.862. The zero-order valence-corrected chi connectivity index (χ0v) is 2.64. The average molecular weight is 102 g/mol. The minimum Gasteiger partial charge on any atom is -0.269 e. The monoisotopic (exact) mass is 102 g/mol. The van der Waals surface area contributed by atoms with Crippen molar-refractivity contribution in [3.05, 3.63) is 13.2 Å². The van der Waals surface area contributed by atoms with Crippen LogP contribution in [-0.2, 0) is 0 Å². The lowest BCUT2D eigenvalue weighted by molar-refractivity contribution is 1.11. The van der Waals surface area contributed by atoms with Gasteiger partial charge in [0.15, 0.2) is 0 Å². The highest BCUT2D eigenvalue weighted by atomic mass is 19.0. The molecule has 0 atom stereocenters. The van der Waals surface area contributed by atoms with Crippen molar-refractivity contribution < 1.29 is 14.1 Å². The second-order valence-electron chi connectivity index (χ2n) is 0. The first-order chi connectivity index (χ1) is 1.00. The Hall–Kier alpha value is -0.405. The molecular formula is C2H10BF3. The largest absolute Gasteiger partial charge is 0.269 e. The van der Waals surface area contributed by atoms with Gasteiger partial charge < -0.3 is 0 Å². The Morgan fingerprint density at radius 3 is 0.667 bits per heavy atom. The van der Waals surface area contributed by atoms with Gasteiger partial charge in [0.05, 0.1) is 8.41 Å². The molecule has 0 nitrogen and oxygen atoms in total. The fourth-order valence-electron chi connectivity index (χ4n) is 0. The van der Waals surface area contributed by atoms with Crippen molar-refractivity contribution in [3.63, 3.8) is 0 Å². The molecule has 0 aliphatic carbocycles. The van der Waals surface area contributed by atoms with Gasteiger partial charge in [-0.3, -0.25) is 14.1 Å². The van der Waals surface area contributed by atoms with Crippen molar-refractivity contribution in [2.24, 2.45) is 0 Å². The molecule has 0 rings (SSSR count). The lowest BCUT2D eigenvalue weighted by atomic mass is 10.8. The Morgan fingerprint density at radius 1 is 0.667 bits per heavy atom. The number of hydrogen-bond donors (Lipinski definition) is 0. The van der Waals surface area contributed by atoms with E-state index in [1.165, 1.54) is 0 Å². The summed E-state index contributed by atoms with van der Waals surface area (Å²) < 4.78 is 0. The molecule has 4 heteroatoms. The molecule has 0 amide bonds. The van der Waals surface area contributed by atoms with Crippen LogP contribution in [0.15, 0.2) is 13.2 Å². The van der Waals surface area contributed by atoms with Crippen molar-refractivity contribution in [2.45, 2.75) is 0 Å². The first kappa shape index (κ1) is 334. The zero-order valence-electron chi connectivity index (χ0n) is 2.64. The summed E-state index contributed by atoms with van der Waals surface area (Å²) in [6, 6.07) is 0. The van der Waals surface area contributed by atoms with E-state index in [9.17, 15) is 0 Å². The number of halogens is 3. The highest BCUT2D eigenvalue weighted by molar-refractivity contribution is 5.75. The van der Waals surface area contributed by atoms with Crippen molar-refractivity contribution in [3.8, 4) is 0 Å². The summed E-state index contributed by atoms with van der Waals surface area (Å²) in [6.07, 6.45) is 0. The van der Waals surface area contributed by atoms with Crippen LogP contribution in [-0.4, -0.2) is 8.41 Å². The Morgan fingerprint density at radius 2 is 0.667 bits per heavy atom. The van der Waals surface area contributed by atoms with Crippen molar-refractivity contribution in [1.29, 1.82) is 0 Å². The predicted molar refractivity (Wildman–Crippen MR) is 28.7 cm³/mol. The predicted octanol–water partition coefficient (Wildman–Crippen LogP) is 0.0758. The van der Waals surface area contributed by atoms with E-state index < -0.39 is 0 Å². The van der Waals surface area contributed by atoms with Crippen LogP contribution in [0, 0.1) is 0 Å². The van der Waals surface area contributed by atoms with Gasteiger partial charge in [-0.15, -0.1) is 13.2 Å². The van der Waals surface area contributed by atoms with Gasteiger partial charge in [0.1, 0.15) is 0 Å². The summed E-state index contributed by atoms with van der Waals surface area (Å²) >= 11 is 0. The van der Waals surface area contributed by atoms with E-state index in [1.807, 2.05) is 0 Å². The smallest absolute Gasteiger partial charge is 0.0814 e. The summed E-state index contributed by atoms with van der Waals surface area (Å²) in [5.41, 5.74) is 0. The Kier molecular flexibility index (Phi) is 20100. The van der Waals surface area contributed by atoms with Gasteiger partial charge >= 0.3 is 0 Å². The van der Waals surface area contributed by atoms with E-state index in [0.29, 0.717) is 0 Å². The van der Waals surface area contributed by atoms with Gasteiger partial charge in [-0.25, -0.2) is 0 Å². The van der Waals surface area contributed by atoms with Gasteiger partial charge in [-0.1, -0.05) is 0 Å². The first-order valence-corrected chi connectivity index (χ1v) is 0.500. The topological polar surface area (TPSA) is 0 Å². The van der Waals surface area contributed by atoms with E-state index in [0.717, 1.165) is 0 Å². The minimum absolute atomic E-state index is 0. The third kappa shape index (κ3) is 148. The maximum atomic E-state index is 3.00. The van der Waals surface area contributed by atoms with Crippen molar-refractivity contribution in [2.75, 3.05) is 0 Å². The summed E-state index contributed by atoms with van der Waals surface area (Å²) in [5.74, 6) is 0. The molecule has 0 aromatic heterocycles. The SMILES string of the molecule is B.C=C.F.F.F. The van der Waals surface area contributed by atoms with E-state index >= 15 is 0 Å². The number of hydrogen-bond acceptors (Lipinski definition) is 0. The maximum absolute atomic E-state index is 3.00. The first-order valence-electron chi connectivity index (χ1n) is 0.500. The lowest BCUT2D eigenvalue weighted by Crippen LogP contribution is -0.552. The Balaban J connectivity index is -0.000000000833. The van der Waals surface area contributed by atoms with Crippen LogP contribution in [0.2, 0.25) is 0 Å². The molecule has 0 saturated heterocycles. The van der Waals surface area contributed by atoms with E-state index in [2.05, 4.69) is 13.2 Å². The molecule has 0 aliphatic rings.